The molecular weight excluding hydrogens is 377 g/mol. The van der Waals surface area contributed by atoms with Gasteiger partial charge in [0, 0.05) is 16.6 Å². The Morgan fingerprint density at radius 3 is 2.21 bits per heavy atom. The lowest BCUT2D eigenvalue weighted by Gasteiger charge is -2.12. The second-order valence-electron chi connectivity index (χ2n) is 4.28. The molecule has 2 aromatic rings. The van der Waals surface area contributed by atoms with E-state index in [0.717, 1.165) is 15.6 Å². The zero-order chi connectivity index (χ0) is 14.2. The zero-order valence-corrected chi connectivity index (χ0v) is 13.6. The molecule has 100 valence electrons. The number of hydrogen-bond acceptors (Lipinski definition) is 2. The SMILES string of the molecule is Cc1cc(Oc2cc(Br)c(F)cc2N)cc(C)c1Br. The Labute approximate surface area is 128 Å². The summed E-state index contributed by atoms with van der Waals surface area (Å²) in [4.78, 5) is 0. The summed E-state index contributed by atoms with van der Waals surface area (Å²) in [5, 5.41) is 0. The number of nitrogen functional groups attached to an aromatic ring is 1. The van der Waals surface area contributed by atoms with Crippen molar-refractivity contribution in [3.8, 4) is 11.5 Å². The van der Waals surface area contributed by atoms with E-state index in [4.69, 9.17) is 10.5 Å². The largest absolute Gasteiger partial charge is 0.455 e. The van der Waals surface area contributed by atoms with Crippen molar-refractivity contribution in [1.29, 1.82) is 0 Å². The predicted octanol–water partition coefficient (Wildman–Crippen LogP) is 5.34. The number of rotatable bonds is 2. The summed E-state index contributed by atoms with van der Waals surface area (Å²) in [7, 11) is 0. The molecule has 0 bridgehead atoms. The van der Waals surface area contributed by atoms with Gasteiger partial charge in [-0.2, -0.15) is 0 Å². The van der Waals surface area contributed by atoms with Crippen molar-refractivity contribution in [2.45, 2.75) is 13.8 Å². The van der Waals surface area contributed by atoms with Crippen molar-refractivity contribution in [3.63, 3.8) is 0 Å². The van der Waals surface area contributed by atoms with Crippen molar-refractivity contribution < 1.29 is 9.13 Å². The average Bonchev–Trinajstić information content (AvgIpc) is 2.33. The third-order valence-electron chi connectivity index (χ3n) is 2.69. The first-order valence-electron chi connectivity index (χ1n) is 5.57. The fourth-order valence-electron chi connectivity index (χ4n) is 1.72. The second kappa shape index (κ2) is 5.51. The van der Waals surface area contributed by atoms with Crippen LogP contribution in [0.2, 0.25) is 0 Å². The first-order chi connectivity index (χ1) is 8.88. The van der Waals surface area contributed by atoms with Gasteiger partial charge in [-0.05, 0) is 53.0 Å². The molecule has 0 saturated carbocycles. The van der Waals surface area contributed by atoms with Crippen LogP contribution in [0.1, 0.15) is 11.1 Å². The summed E-state index contributed by atoms with van der Waals surface area (Å²) in [6, 6.07) is 6.55. The van der Waals surface area contributed by atoms with Crippen molar-refractivity contribution >= 4 is 37.5 Å². The Kier molecular flexibility index (Phi) is 4.16. The van der Waals surface area contributed by atoms with Crippen LogP contribution in [0.3, 0.4) is 0 Å². The molecule has 0 heterocycles. The van der Waals surface area contributed by atoms with E-state index in [1.807, 2.05) is 26.0 Å². The van der Waals surface area contributed by atoms with Gasteiger partial charge in [-0.25, -0.2) is 4.39 Å². The lowest BCUT2D eigenvalue weighted by Crippen LogP contribution is -1.95. The minimum Gasteiger partial charge on any atom is -0.455 e. The van der Waals surface area contributed by atoms with Gasteiger partial charge >= 0.3 is 0 Å². The van der Waals surface area contributed by atoms with Crippen molar-refractivity contribution in [2.75, 3.05) is 5.73 Å². The van der Waals surface area contributed by atoms with E-state index >= 15 is 0 Å². The first-order valence-corrected chi connectivity index (χ1v) is 7.16. The molecule has 0 unspecified atom stereocenters. The summed E-state index contributed by atoms with van der Waals surface area (Å²) < 4.78 is 20.4. The number of hydrogen-bond donors (Lipinski definition) is 1. The third-order valence-corrected chi connectivity index (χ3v) is 4.55. The fourth-order valence-corrected chi connectivity index (χ4v) is 2.28. The predicted molar refractivity (Wildman–Crippen MR) is 82.2 cm³/mol. The Balaban J connectivity index is 2.39. The van der Waals surface area contributed by atoms with Gasteiger partial charge in [0.2, 0.25) is 0 Å². The van der Waals surface area contributed by atoms with Gasteiger partial charge in [-0.15, -0.1) is 0 Å². The maximum absolute atomic E-state index is 13.3. The summed E-state index contributed by atoms with van der Waals surface area (Å²) >= 11 is 6.61. The lowest BCUT2D eigenvalue weighted by molar-refractivity contribution is 0.481. The van der Waals surface area contributed by atoms with Crippen LogP contribution in [0.4, 0.5) is 10.1 Å². The van der Waals surface area contributed by atoms with Gasteiger partial charge < -0.3 is 10.5 Å². The molecule has 2 nitrogen and oxygen atoms in total. The number of aryl methyl sites for hydroxylation is 2. The average molecular weight is 389 g/mol. The van der Waals surface area contributed by atoms with E-state index < -0.39 is 5.82 Å². The van der Waals surface area contributed by atoms with Crippen LogP contribution >= 0.6 is 31.9 Å². The summed E-state index contributed by atoms with van der Waals surface area (Å²) in [6.45, 7) is 3.96. The molecule has 0 aliphatic rings. The van der Waals surface area contributed by atoms with E-state index in [1.54, 1.807) is 0 Å². The van der Waals surface area contributed by atoms with E-state index in [-0.39, 0.29) is 5.69 Å². The van der Waals surface area contributed by atoms with Gasteiger partial charge in [0.15, 0.2) is 5.75 Å². The van der Waals surface area contributed by atoms with Crippen LogP contribution in [0, 0.1) is 19.7 Å². The number of anilines is 1. The van der Waals surface area contributed by atoms with Crippen LogP contribution < -0.4 is 10.5 Å². The summed E-state index contributed by atoms with van der Waals surface area (Å²) in [6.07, 6.45) is 0. The molecule has 5 heteroatoms. The molecule has 0 fully saturated rings. The lowest BCUT2D eigenvalue weighted by atomic mass is 10.1. The fraction of sp³-hybridized carbons (Fsp3) is 0.143. The third kappa shape index (κ3) is 3.09. The molecule has 0 aromatic heterocycles. The molecule has 0 aliphatic carbocycles. The summed E-state index contributed by atoms with van der Waals surface area (Å²) in [5.41, 5.74) is 8.14. The number of ether oxygens (including phenoxy) is 1. The quantitative estimate of drug-likeness (QED) is 0.704. The van der Waals surface area contributed by atoms with Gasteiger partial charge in [-0.1, -0.05) is 15.9 Å². The highest BCUT2D eigenvalue weighted by molar-refractivity contribution is 9.10. The standard InChI is InChI=1S/C14H12Br2FNO/c1-7-3-9(4-8(2)14(7)16)19-13-5-10(15)11(17)6-12(13)18/h3-6H,18H2,1-2H3. The van der Waals surface area contributed by atoms with Gasteiger partial charge in [0.05, 0.1) is 10.2 Å². The highest BCUT2D eigenvalue weighted by Crippen LogP contribution is 2.34. The minimum absolute atomic E-state index is 0.263. The summed E-state index contributed by atoms with van der Waals surface area (Å²) in [5.74, 6) is 0.686. The van der Waals surface area contributed by atoms with E-state index in [2.05, 4.69) is 31.9 Å². The van der Waals surface area contributed by atoms with Gasteiger partial charge in [0.25, 0.3) is 0 Å². The van der Waals surface area contributed by atoms with E-state index in [0.29, 0.717) is 16.0 Å². The molecule has 0 atom stereocenters. The van der Waals surface area contributed by atoms with Crippen LogP contribution in [0.25, 0.3) is 0 Å². The molecule has 2 rings (SSSR count). The topological polar surface area (TPSA) is 35.2 Å². The van der Waals surface area contributed by atoms with Crippen LogP contribution in [-0.4, -0.2) is 0 Å². The van der Waals surface area contributed by atoms with Crippen LogP contribution in [-0.2, 0) is 0 Å². The molecule has 2 aromatic carbocycles. The molecule has 0 radical (unpaired) electrons. The van der Waals surface area contributed by atoms with Crippen molar-refractivity contribution in [3.05, 3.63) is 50.2 Å². The minimum atomic E-state index is -0.409. The Morgan fingerprint density at radius 1 is 1.05 bits per heavy atom. The number of nitrogens with two attached hydrogens (primary N) is 1. The molecule has 0 amide bonds. The maximum Gasteiger partial charge on any atom is 0.151 e. The second-order valence-corrected chi connectivity index (χ2v) is 5.92. The van der Waals surface area contributed by atoms with E-state index in [9.17, 15) is 4.39 Å². The molecule has 0 saturated heterocycles. The molecule has 19 heavy (non-hydrogen) atoms. The Hall–Kier alpha value is -1.07. The van der Waals surface area contributed by atoms with Gasteiger partial charge in [-0.3, -0.25) is 0 Å². The highest BCUT2D eigenvalue weighted by Gasteiger charge is 2.09. The Morgan fingerprint density at radius 2 is 1.63 bits per heavy atom. The normalized spacial score (nSPS) is 10.6. The number of halogens is 3. The molecular formula is C14H12Br2FNO. The van der Waals surface area contributed by atoms with E-state index in [1.165, 1.54) is 12.1 Å². The zero-order valence-electron chi connectivity index (χ0n) is 10.4. The number of benzene rings is 2. The van der Waals surface area contributed by atoms with Crippen LogP contribution in [0.5, 0.6) is 11.5 Å². The monoisotopic (exact) mass is 387 g/mol. The maximum atomic E-state index is 13.3. The molecule has 0 aliphatic heterocycles. The van der Waals surface area contributed by atoms with Crippen molar-refractivity contribution in [1.82, 2.24) is 0 Å². The Bertz CT molecular complexity index is 621. The highest BCUT2D eigenvalue weighted by atomic mass is 79.9. The van der Waals surface area contributed by atoms with Crippen LogP contribution in [0.15, 0.2) is 33.2 Å². The molecule has 2 N–H and O–H groups in total. The molecule has 0 spiro atoms. The van der Waals surface area contributed by atoms with Crippen molar-refractivity contribution in [2.24, 2.45) is 0 Å². The first kappa shape index (κ1) is 14.3. The van der Waals surface area contributed by atoms with Gasteiger partial charge in [0.1, 0.15) is 11.6 Å². The smallest absolute Gasteiger partial charge is 0.151 e.